The van der Waals surface area contributed by atoms with Gasteiger partial charge in [0.1, 0.15) is 11.6 Å². The minimum atomic E-state index is -0.266. The van der Waals surface area contributed by atoms with Crippen molar-refractivity contribution in [3.63, 3.8) is 0 Å². The number of aryl methyl sites for hydroxylation is 1. The lowest BCUT2D eigenvalue weighted by Gasteiger charge is -2.13. The minimum absolute atomic E-state index is 0.266. The molecule has 3 heteroatoms. The van der Waals surface area contributed by atoms with E-state index in [1.54, 1.807) is 0 Å². The molecule has 1 aromatic carbocycles. The van der Waals surface area contributed by atoms with Crippen molar-refractivity contribution in [1.29, 1.82) is 5.26 Å². The fourth-order valence-electron chi connectivity index (χ4n) is 3.14. The first kappa shape index (κ1) is 13.6. The molecule has 1 heterocycles. The third-order valence-corrected chi connectivity index (χ3v) is 4.33. The zero-order chi connectivity index (χ0) is 14.8. The quantitative estimate of drug-likeness (QED) is 0.906. The van der Waals surface area contributed by atoms with E-state index in [0.29, 0.717) is 5.92 Å². The number of hydrogen-bond donors (Lipinski definition) is 1. The van der Waals surface area contributed by atoms with E-state index in [4.69, 9.17) is 0 Å². The maximum absolute atomic E-state index is 12.2. The normalized spacial score (nSPS) is 15.0. The number of pyridine rings is 1. The van der Waals surface area contributed by atoms with Crippen molar-refractivity contribution in [2.75, 3.05) is 0 Å². The van der Waals surface area contributed by atoms with Gasteiger partial charge in [0.2, 0.25) is 0 Å². The Morgan fingerprint density at radius 2 is 1.86 bits per heavy atom. The van der Waals surface area contributed by atoms with Crippen LogP contribution in [-0.4, -0.2) is 4.98 Å². The molecular formula is C18H18N2O. The fourth-order valence-corrected chi connectivity index (χ4v) is 3.14. The van der Waals surface area contributed by atoms with Crippen molar-refractivity contribution < 1.29 is 0 Å². The fraction of sp³-hybridized carbons (Fsp3) is 0.333. The molecule has 0 saturated heterocycles. The maximum Gasteiger partial charge on any atom is 0.266 e. The van der Waals surface area contributed by atoms with Crippen LogP contribution in [-0.2, 0) is 0 Å². The Kier molecular flexibility index (Phi) is 3.62. The highest BCUT2D eigenvalue weighted by Crippen LogP contribution is 2.36. The molecule has 0 bridgehead atoms. The van der Waals surface area contributed by atoms with Crippen LogP contribution in [0.4, 0.5) is 0 Å². The average Bonchev–Trinajstić information content (AvgIpc) is 3.01. The van der Waals surface area contributed by atoms with Crippen molar-refractivity contribution in [3.05, 3.63) is 57.4 Å². The van der Waals surface area contributed by atoms with Gasteiger partial charge in [-0.1, -0.05) is 42.7 Å². The second-order valence-corrected chi connectivity index (χ2v) is 5.80. The van der Waals surface area contributed by atoms with Crippen LogP contribution in [0.15, 0.2) is 35.1 Å². The van der Waals surface area contributed by atoms with Gasteiger partial charge >= 0.3 is 0 Å². The minimum Gasteiger partial charge on any atom is -0.321 e. The van der Waals surface area contributed by atoms with E-state index in [1.165, 1.54) is 18.4 Å². The van der Waals surface area contributed by atoms with E-state index >= 15 is 0 Å². The summed E-state index contributed by atoms with van der Waals surface area (Å²) in [6.07, 6.45) is 4.52. The summed E-state index contributed by atoms with van der Waals surface area (Å²) in [5, 5.41) is 9.29. The number of benzene rings is 1. The van der Waals surface area contributed by atoms with Gasteiger partial charge in [0, 0.05) is 5.69 Å². The lowest BCUT2D eigenvalue weighted by Crippen LogP contribution is -2.15. The molecule has 1 N–H and O–H groups in total. The summed E-state index contributed by atoms with van der Waals surface area (Å²) in [6, 6.07) is 12.2. The highest BCUT2D eigenvalue weighted by Gasteiger charge is 2.22. The number of aromatic nitrogens is 1. The van der Waals surface area contributed by atoms with Crippen LogP contribution in [0.1, 0.15) is 48.3 Å². The van der Waals surface area contributed by atoms with Gasteiger partial charge in [0.15, 0.2) is 0 Å². The van der Waals surface area contributed by atoms with Crippen LogP contribution in [0, 0.1) is 18.3 Å². The van der Waals surface area contributed by atoms with Gasteiger partial charge in [-0.05, 0) is 42.9 Å². The molecule has 0 atom stereocenters. The Morgan fingerprint density at radius 1 is 1.19 bits per heavy atom. The highest BCUT2D eigenvalue weighted by atomic mass is 16.1. The van der Waals surface area contributed by atoms with Gasteiger partial charge in [-0.2, -0.15) is 5.26 Å². The molecule has 1 aromatic heterocycles. The summed E-state index contributed by atoms with van der Waals surface area (Å²) < 4.78 is 0. The van der Waals surface area contributed by atoms with Crippen molar-refractivity contribution in [3.8, 4) is 17.3 Å². The lowest BCUT2D eigenvalue weighted by atomic mass is 9.93. The first-order chi connectivity index (χ1) is 10.2. The monoisotopic (exact) mass is 278 g/mol. The molecule has 2 aromatic rings. The molecule has 1 fully saturated rings. The van der Waals surface area contributed by atoms with Gasteiger partial charge in [-0.25, -0.2) is 0 Å². The summed E-state index contributed by atoms with van der Waals surface area (Å²) in [4.78, 5) is 15.1. The summed E-state index contributed by atoms with van der Waals surface area (Å²) in [6.45, 7) is 2.04. The molecule has 21 heavy (non-hydrogen) atoms. The Morgan fingerprint density at radius 3 is 2.48 bits per heavy atom. The van der Waals surface area contributed by atoms with E-state index in [1.807, 2.05) is 37.3 Å². The summed E-state index contributed by atoms with van der Waals surface area (Å²) in [5.74, 6) is 0.353. The zero-order valence-corrected chi connectivity index (χ0v) is 12.1. The van der Waals surface area contributed by atoms with E-state index in [-0.39, 0.29) is 11.1 Å². The number of rotatable bonds is 2. The van der Waals surface area contributed by atoms with Crippen LogP contribution < -0.4 is 5.56 Å². The Labute approximate surface area is 124 Å². The van der Waals surface area contributed by atoms with Crippen molar-refractivity contribution >= 4 is 0 Å². The molecule has 0 unspecified atom stereocenters. The molecule has 0 spiro atoms. The van der Waals surface area contributed by atoms with Gasteiger partial charge in [0.25, 0.3) is 5.56 Å². The number of hydrogen-bond acceptors (Lipinski definition) is 2. The molecule has 0 aliphatic heterocycles. The molecular weight excluding hydrogens is 260 g/mol. The SMILES string of the molecule is Cc1ccc(-c2cc(C3CCCC3)c(C#N)c(=O)[nH]2)cc1. The molecule has 3 nitrogen and oxygen atoms in total. The second-order valence-electron chi connectivity index (χ2n) is 5.80. The van der Waals surface area contributed by atoms with Gasteiger partial charge < -0.3 is 4.98 Å². The van der Waals surface area contributed by atoms with Crippen molar-refractivity contribution in [1.82, 2.24) is 4.98 Å². The topological polar surface area (TPSA) is 56.6 Å². The Hall–Kier alpha value is -2.34. The summed E-state index contributed by atoms with van der Waals surface area (Å²) in [7, 11) is 0. The zero-order valence-electron chi connectivity index (χ0n) is 12.1. The third-order valence-electron chi connectivity index (χ3n) is 4.33. The van der Waals surface area contributed by atoms with E-state index < -0.39 is 0 Å². The summed E-state index contributed by atoms with van der Waals surface area (Å²) in [5.41, 5.74) is 3.93. The molecule has 1 aliphatic carbocycles. The predicted octanol–water partition coefficient (Wildman–Crippen LogP) is 3.88. The van der Waals surface area contributed by atoms with Gasteiger partial charge in [-0.3, -0.25) is 4.79 Å². The molecule has 3 rings (SSSR count). The lowest BCUT2D eigenvalue weighted by molar-refractivity contribution is 0.718. The van der Waals surface area contributed by atoms with E-state index in [9.17, 15) is 10.1 Å². The second kappa shape index (κ2) is 5.57. The molecule has 0 amide bonds. The molecule has 0 radical (unpaired) electrons. The molecule has 1 saturated carbocycles. The smallest absolute Gasteiger partial charge is 0.266 e. The van der Waals surface area contributed by atoms with Crippen LogP contribution in [0.25, 0.3) is 11.3 Å². The van der Waals surface area contributed by atoms with E-state index in [2.05, 4.69) is 11.1 Å². The maximum atomic E-state index is 12.2. The predicted molar refractivity (Wildman–Crippen MR) is 83.2 cm³/mol. The first-order valence-electron chi connectivity index (χ1n) is 7.43. The van der Waals surface area contributed by atoms with Gasteiger partial charge in [0.05, 0.1) is 0 Å². The number of nitrogens with zero attached hydrogens (tertiary/aromatic N) is 1. The summed E-state index contributed by atoms with van der Waals surface area (Å²) >= 11 is 0. The van der Waals surface area contributed by atoms with Crippen LogP contribution in [0.2, 0.25) is 0 Å². The molecule has 106 valence electrons. The highest BCUT2D eigenvalue weighted by molar-refractivity contribution is 5.62. The number of nitrogens with one attached hydrogen (secondary N) is 1. The number of aromatic amines is 1. The molecule has 1 aliphatic rings. The van der Waals surface area contributed by atoms with E-state index in [0.717, 1.165) is 29.7 Å². The average molecular weight is 278 g/mol. The number of H-pyrrole nitrogens is 1. The van der Waals surface area contributed by atoms with Crippen LogP contribution in [0.3, 0.4) is 0 Å². The Bertz CT molecular complexity index is 744. The van der Waals surface area contributed by atoms with Crippen molar-refractivity contribution in [2.45, 2.75) is 38.5 Å². The van der Waals surface area contributed by atoms with Gasteiger partial charge in [-0.15, -0.1) is 0 Å². The number of nitriles is 1. The largest absolute Gasteiger partial charge is 0.321 e. The van der Waals surface area contributed by atoms with Crippen LogP contribution >= 0.6 is 0 Å². The standard InChI is InChI=1S/C18H18N2O/c1-12-6-8-14(9-7-12)17-10-15(13-4-2-3-5-13)16(11-19)18(21)20-17/h6-10,13H,2-5H2,1H3,(H,20,21). The van der Waals surface area contributed by atoms with Crippen LogP contribution in [0.5, 0.6) is 0 Å². The Balaban J connectivity index is 2.13. The van der Waals surface area contributed by atoms with Crippen molar-refractivity contribution in [2.24, 2.45) is 0 Å². The first-order valence-corrected chi connectivity index (χ1v) is 7.43. The third kappa shape index (κ3) is 2.62.